The van der Waals surface area contributed by atoms with Gasteiger partial charge < -0.3 is 30.1 Å². The highest BCUT2D eigenvalue weighted by atomic mass is 32.2. The van der Waals surface area contributed by atoms with E-state index < -0.39 is 18.2 Å². The third kappa shape index (κ3) is 8.14. The van der Waals surface area contributed by atoms with E-state index >= 15 is 0 Å². The van der Waals surface area contributed by atoms with Gasteiger partial charge in [-0.25, -0.2) is 9.78 Å². The lowest BCUT2D eigenvalue weighted by Gasteiger charge is -2.41. The molecule has 216 valence electrons. The number of hydrogen-bond acceptors (Lipinski definition) is 8. The highest BCUT2D eigenvalue weighted by Gasteiger charge is 2.38. The average molecular weight is 581 g/mol. The Bertz CT molecular complexity index is 1350. The number of aromatic nitrogens is 1. The zero-order valence-electron chi connectivity index (χ0n) is 22.4. The molecule has 1 aliphatic heterocycles. The third-order valence-corrected chi connectivity index (χ3v) is 7.86. The summed E-state index contributed by atoms with van der Waals surface area (Å²) in [5.74, 6) is -1.91. The number of carboxylic acids is 2. The van der Waals surface area contributed by atoms with Crippen molar-refractivity contribution in [3.63, 3.8) is 0 Å². The number of benzene rings is 2. The summed E-state index contributed by atoms with van der Waals surface area (Å²) in [6.07, 6.45) is 0.459. The fourth-order valence-corrected chi connectivity index (χ4v) is 5.64. The maximum absolute atomic E-state index is 12.1. The van der Waals surface area contributed by atoms with Crippen LogP contribution in [0, 0.1) is 5.92 Å². The average Bonchev–Trinajstić information content (AvgIpc) is 2.97. The number of nitrogens with one attached hydrogen (secondary N) is 1. The van der Waals surface area contributed by atoms with Crippen LogP contribution in [0.5, 0.6) is 0 Å². The standard InChI is InChI=1S/C30H32N2O8S/c1-18-24(17-41-28-23(29(37)38)4-3-15-31-28)39-30(40-27(18)20-9-7-19(16-33)8-10-20)21-11-13-22(14-12-21)32-25(34)5-2-6-26(35)36/h3-4,7-15,18,24,27,30,33H,2,5-6,16-17H2,1H3,(H,32,34)(H,35,36)(H,37,38)/t18-,24+,27+,30+/m1/s1. The number of nitrogens with zero attached hydrogens (tertiary/aromatic N) is 1. The predicted octanol–water partition coefficient (Wildman–Crippen LogP) is 5.05. The molecule has 0 spiro atoms. The normalized spacial score (nSPS) is 20.3. The Kier molecular flexibility index (Phi) is 10.5. The van der Waals surface area contributed by atoms with Gasteiger partial charge in [0.1, 0.15) is 5.03 Å². The molecule has 4 rings (SSSR count). The Balaban J connectivity index is 1.51. The first kappa shape index (κ1) is 30.2. The van der Waals surface area contributed by atoms with Crippen molar-refractivity contribution in [1.29, 1.82) is 0 Å². The predicted molar refractivity (Wildman–Crippen MR) is 151 cm³/mol. The molecule has 0 aliphatic carbocycles. The van der Waals surface area contributed by atoms with E-state index in [1.807, 2.05) is 31.2 Å². The molecule has 0 bridgehead atoms. The number of aromatic carboxylic acids is 1. The number of anilines is 1. The summed E-state index contributed by atoms with van der Waals surface area (Å²) < 4.78 is 12.8. The van der Waals surface area contributed by atoms with Crippen LogP contribution in [-0.4, -0.2) is 50.0 Å². The van der Waals surface area contributed by atoms with Crippen LogP contribution in [0.25, 0.3) is 0 Å². The van der Waals surface area contributed by atoms with E-state index in [2.05, 4.69) is 10.3 Å². The maximum atomic E-state index is 12.1. The smallest absolute Gasteiger partial charge is 0.338 e. The number of carboxylic acid groups (broad SMARTS) is 2. The minimum absolute atomic E-state index is 0.0647. The van der Waals surface area contributed by atoms with Crippen LogP contribution in [0.4, 0.5) is 5.69 Å². The van der Waals surface area contributed by atoms with Crippen LogP contribution in [0.3, 0.4) is 0 Å². The lowest BCUT2D eigenvalue weighted by molar-refractivity contribution is -0.268. The van der Waals surface area contributed by atoms with Crippen LogP contribution in [0.2, 0.25) is 0 Å². The molecular weight excluding hydrogens is 548 g/mol. The number of carbonyl (C=O) groups is 3. The van der Waals surface area contributed by atoms with Crippen molar-refractivity contribution >= 4 is 35.3 Å². The summed E-state index contributed by atoms with van der Waals surface area (Å²) in [7, 11) is 0. The second-order valence-corrected chi connectivity index (χ2v) is 10.7. The van der Waals surface area contributed by atoms with Crippen molar-refractivity contribution in [2.75, 3.05) is 11.1 Å². The molecular formula is C30H32N2O8S. The summed E-state index contributed by atoms with van der Waals surface area (Å²) in [5.41, 5.74) is 3.14. The number of amides is 1. The topological polar surface area (TPSA) is 155 Å². The van der Waals surface area contributed by atoms with Crippen molar-refractivity contribution in [2.45, 2.75) is 56.3 Å². The van der Waals surface area contributed by atoms with E-state index in [4.69, 9.17) is 14.6 Å². The molecule has 4 N–H and O–H groups in total. The Morgan fingerprint density at radius 3 is 2.32 bits per heavy atom. The Morgan fingerprint density at radius 1 is 0.951 bits per heavy atom. The first-order chi connectivity index (χ1) is 19.7. The number of carbonyl (C=O) groups excluding carboxylic acids is 1. The van der Waals surface area contributed by atoms with E-state index in [0.29, 0.717) is 16.5 Å². The van der Waals surface area contributed by atoms with Gasteiger partial charge >= 0.3 is 11.9 Å². The molecule has 2 heterocycles. The molecule has 10 nitrogen and oxygen atoms in total. The van der Waals surface area contributed by atoms with Crippen molar-refractivity contribution in [2.24, 2.45) is 5.92 Å². The van der Waals surface area contributed by atoms with Gasteiger partial charge in [-0.3, -0.25) is 9.59 Å². The molecule has 1 amide bonds. The number of pyridine rings is 1. The monoisotopic (exact) mass is 580 g/mol. The fourth-order valence-electron chi connectivity index (χ4n) is 4.49. The zero-order chi connectivity index (χ0) is 29.4. The van der Waals surface area contributed by atoms with Gasteiger partial charge in [-0.05, 0) is 41.8 Å². The SMILES string of the molecule is C[C@@H]1[C@H](CSc2ncccc2C(=O)O)O[C@H](c2ccc(NC(=O)CCCC(=O)O)cc2)O[C@@H]1c1ccc(CO)cc1. The van der Waals surface area contributed by atoms with Gasteiger partial charge in [-0.15, -0.1) is 11.8 Å². The molecule has 0 saturated carbocycles. The van der Waals surface area contributed by atoms with Crippen molar-refractivity contribution in [3.05, 3.63) is 89.1 Å². The van der Waals surface area contributed by atoms with Crippen LogP contribution in [-0.2, 0) is 25.7 Å². The van der Waals surface area contributed by atoms with Gasteiger partial charge in [0.05, 0.1) is 24.4 Å². The largest absolute Gasteiger partial charge is 0.481 e. The van der Waals surface area contributed by atoms with E-state index in [9.17, 15) is 24.6 Å². The van der Waals surface area contributed by atoms with Crippen LogP contribution in [0.1, 0.15) is 65.6 Å². The van der Waals surface area contributed by atoms with Gasteiger partial charge in [-0.1, -0.05) is 43.3 Å². The van der Waals surface area contributed by atoms with Gasteiger partial charge in [0, 0.05) is 42.0 Å². The maximum Gasteiger partial charge on any atom is 0.338 e. The van der Waals surface area contributed by atoms with Crippen LogP contribution >= 0.6 is 11.8 Å². The van der Waals surface area contributed by atoms with E-state index in [1.165, 1.54) is 17.8 Å². The van der Waals surface area contributed by atoms with E-state index in [-0.39, 0.29) is 55.5 Å². The number of ether oxygens (including phenoxy) is 2. The first-order valence-corrected chi connectivity index (χ1v) is 14.2. The Morgan fingerprint density at radius 2 is 1.66 bits per heavy atom. The molecule has 0 unspecified atom stereocenters. The number of aliphatic carboxylic acids is 1. The molecule has 1 fully saturated rings. The van der Waals surface area contributed by atoms with Crippen molar-refractivity contribution < 1.29 is 39.2 Å². The quantitative estimate of drug-likeness (QED) is 0.214. The number of rotatable bonds is 12. The molecule has 4 atom stereocenters. The van der Waals surface area contributed by atoms with Gasteiger partial charge in [-0.2, -0.15) is 0 Å². The van der Waals surface area contributed by atoms with Gasteiger partial charge in [0.25, 0.3) is 0 Å². The van der Waals surface area contributed by atoms with Gasteiger partial charge in [0.15, 0.2) is 6.29 Å². The highest BCUT2D eigenvalue weighted by molar-refractivity contribution is 7.99. The van der Waals surface area contributed by atoms with Crippen molar-refractivity contribution in [3.8, 4) is 0 Å². The molecule has 2 aromatic carbocycles. The number of hydrogen-bond donors (Lipinski definition) is 4. The molecule has 11 heteroatoms. The Labute approximate surface area is 241 Å². The van der Waals surface area contributed by atoms with Gasteiger partial charge in [0.2, 0.25) is 5.91 Å². The highest BCUT2D eigenvalue weighted by Crippen LogP contribution is 2.43. The number of aliphatic hydroxyl groups is 1. The second kappa shape index (κ2) is 14.2. The molecule has 41 heavy (non-hydrogen) atoms. The summed E-state index contributed by atoms with van der Waals surface area (Å²) >= 11 is 1.31. The van der Waals surface area contributed by atoms with E-state index in [1.54, 1.807) is 36.5 Å². The molecule has 1 aliphatic rings. The minimum Gasteiger partial charge on any atom is -0.481 e. The Hall–Kier alpha value is -3.77. The molecule has 1 saturated heterocycles. The lowest BCUT2D eigenvalue weighted by atomic mass is 9.91. The number of aliphatic hydroxyl groups excluding tert-OH is 1. The lowest BCUT2D eigenvalue weighted by Crippen LogP contribution is -2.38. The van der Waals surface area contributed by atoms with Crippen LogP contribution < -0.4 is 5.32 Å². The molecule has 0 radical (unpaired) electrons. The molecule has 1 aromatic heterocycles. The summed E-state index contributed by atoms with van der Waals surface area (Å²) in [4.78, 5) is 38.7. The second-order valence-electron chi connectivity index (χ2n) is 9.71. The van der Waals surface area contributed by atoms with Crippen molar-refractivity contribution in [1.82, 2.24) is 4.98 Å². The van der Waals surface area contributed by atoms with Crippen LogP contribution in [0.15, 0.2) is 71.9 Å². The first-order valence-electron chi connectivity index (χ1n) is 13.2. The summed E-state index contributed by atoms with van der Waals surface area (Å²) in [5, 5.41) is 30.9. The van der Waals surface area contributed by atoms with E-state index in [0.717, 1.165) is 16.7 Å². The summed E-state index contributed by atoms with van der Waals surface area (Å²) in [6, 6.07) is 17.7. The minimum atomic E-state index is -1.05. The summed E-state index contributed by atoms with van der Waals surface area (Å²) in [6.45, 7) is 1.95. The fraction of sp³-hybridized carbons (Fsp3) is 0.333. The molecule has 3 aromatic rings. The number of thioether (sulfide) groups is 1. The zero-order valence-corrected chi connectivity index (χ0v) is 23.3. The third-order valence-electron chi connectivity index (χ3n) is 6.77.